The van der Waals surface area contributed by atoms with Crippen molar-refractivity contribution in [1.29, 1.82) is 0 Å². The molecule has 0 aliphatic carbocycles. The Morgan fingerprint density at radius 1 is 1.26 bits per heavy atom. The molecule has 0 bridgehead atoms. The molecule has 0 radical (unpaired) electrons. The molecule has 3 nitrogen and oxygen atoms in total. The van der Waals surface area contributed by atoms with E-state index >= 15 is 0 Å². The zero-order chi connectivity index (χ0) is 14.3. The van der Waals surface area contributed by atoms with Crippen molar-refractivity contribution in [2.75, 3.05) is 37.2 Å². The van der Waals surface area contributed by atoms with Crippen molar-refractivity contribution in [1.82, 2.24) is 4.90 Å². The van der Waals surface area contributed by atoms with Gasteiger partial charge in [0.15, 0.2) is 0 Å². The van der Waals surface area contributed by atoms with E-state index in [0.717, 1.165) is 26.1 Å². The number of hydrogen-bond acceptors (Lipinski definition) is 3. The van der Waals surface area contributed by atoms with Crippen LogP contribution in [0.1, 0.15) is 32.3 Å². The molecule has 108 valence electrons. The van der Waals surface area contributed by atoms with Crippen LogP contribution in [0.2, 0.25) is 0 Å². The summed E-state index contributed by atoms with van der Waals surface area (Å²) in [5.41, 5.74) is 6.34. The number of hydrogen-bond donors (Lipinski definition) is 2. The Morgan fingerprint density at radius 2 is 1.95 bits per heavy atom. The van der Waals surface area contributed by atoms with Gasteiger partial charge in [-0.25, -0.2) is 8.78 Å². The third-order valence-corrected chi connectivity index (χ3v) is 3.17. The van der Waals surface area contributed by atoms with Crippen LogP contribution in [0.3, 0.4) is 0 Å². The molecule has 5 heteroatoms. The number of nitrogens with zero attached hydrogens (tertiary/aromatic N) is 1. The van der Waals surface area contributed by atoms with Gasteiger partial charge in [-0.05, 0) is 44.3 Å². The van der Waals surface area contributed by atoms with Gasteiger partial charge in [0.1, 0.15) is 0 Å². The molecule has 1 aromatic carbocycles. The summed E-state index contributed by atoms with van der Waals surface area (Å²) in [6.45, 7) is 7.91. The summed E-state index contributed by atoms with van der Waals surface area (Å²) in [6.07, 6.45) is -1.58. The van der Waals surface area contributed by atoms with Crippen LogP contribution in [0, 0.1) is 0 Å². The van der Waals surface area contributed by atoms with Crippen LogP contribution in [0.5, 0.6) is 0 Å². The fraction of sp³-hybridized carbons (Fsp3) is 0.571. The number of alkyl halides is 2. The topological polar surface area (TPSA) is 41.3 Å². The van der Waals surface area contributed by atoms with Crippen molar-refractivity contribution in [3.63, 3.8) is 0 Å². The van der Waals surface area contributed by atoms with Crippen molar-refractivity contribution in [2.45, 2.75) is 26.7 Å². The summed E-state index contributed by atoms with van der Waals surface area (Å²) in [7, 11) is 0. The summed E-state index contributed by atoms with van der Waals surface area (Å²) in [5.74, 6) is 0. The fourth-order valence-electron chi connectivity index (χ4n) is 1.99. The summed E-state index contributed by atoms with van der Waals surface area (Å²) in [5, 5.41) is 3.06. The van der Waals surface area contributed by atoms with E-state index < -0.39 is 6.43 Å². The standard InChI is InChI=1S/C14H23F2N3/c1-3-19(4-2)9-5-8-18-13-7-6-11(17)10-12(13)14(15)16/h6-7,10,14,18H,3-5,8-9,17H2,1-2H3. The smallest absolute Gasteiger partial charge is 0.265 e. The summed E-state index contributed by atoms with van der Waals surface area (Å²) >= 11 is 0. The molecular formula is C14H23F2N3. The zero-order valence-corrected chi connectivity index (χ0v) is 11.6. The van der Waals surface area contributed by atoms with Crippen LogP contribution >= 0.6 is 0 Å². The van der Waals surface area contributed by atoms with Crippen LogP contribution in [0.15, 0.2) is 18.2 Å². The number of anilines is 2. The lowest BCUT2D eigenvalue weighted by molar-refractivity contribution is 0.152. The average Bonchev–Trinajstić information content (AvgIpc) is 2.40. The molecule has 0 saturated heterocycles. The molecule has 0 aromatic heterocycles. The van der Waals surface area contributed by atoms with E-state index in [4.69, 9.17) is 5.73 Å². The van der Waals surface area contributed by atoms with Crippen LogP contribution in [0.25, 0.3) is 0 Å². The molecule has 0 heterocycles. The van der Waals surface area contributed by atoms with Gasteiger partial charge in [-0.1, -0.05) is 13.8 Å². The maximum Gasteiger partial charge on any atom is 0.265 e. The first-order valence-electron chi connectivity index (χ1n) is 6.72. The van der Waals surface area contributed by atoms with E-state index in [1.807, 2.05) is 0 Å². The van der Waals surface area contributed by atoms with Crippen molar-refractivity contribution in [2.24, 2.45) is 0 Å². The molecule has 3 N–H and O–H groups in total. The molecule has 0 aliphatic rings. The zero-order valence-electron chi connectivity index (χ0n) is 11.6. The number of halogens is 2. The molecular weight excluding hydrogens is 248 g/mol. The van der Waals surface area contributed by atoms with Crippen LogP contribution in [0.4, 0.5) is 20.2 Å². The Kier molecular flexibility index (Phi) is 6.56. The van der Waals surface area contributed by atoms with Gasteiger partial charge in [0.2, 0.25) is 0 Å². The molecule has 0 saturated carbocycles. The Hall–Kier alpha value is -1.36. The summed E-state index contributed by atoms with van der Waals surface area (Å²) in [4.78, 5) is 2.30. The minimum Gasteiger partial charge on any atom is -0.399 e. The molecule has 1 aromatic rings. The molecule has 0 atom stereocenters. The highest BCUT2D eigenvalue weighted by Crippen LogP contribution is 2.28. The number of nitrogen functional groups attached to an aromatic ring is 1. The number of nitrogens with one attached hydrogen (secondary N) is 1. The highest BCUT2D eigenvalue weighted by molar-refractivity contribution is 5.58. The predicted molar refractivity (Wildman–Crippen MR) is 76.7 cm³/mol. The second-order valence-electron chi connectivity index (χ2n) is 4.45. The van der Waals surface area contributed by atoms with Gasteiger partial charge in [0, 0.05) is 23.5 Å². The molecule has 19 heavy (non-hydrogen) atoms. The van der Waals surface area contributed by atoms with Crippen LogP contribution < -0.4 is 11.1 Å². The minimum atomic E-state index is -2.51. The van der Waals surface area contributed by atoms with E-state index in [9.17, 15) is 8.78 Å². The van der Waals surface area contributed by atoms with Crippen molar-refractivity contribution in [3.8, 4) is 0 Å². The summed E-state index contributed by atoms with van der Waals surface area (Å²) < 4.78 is 25.7. The van der Waals surface area contributed by atoms with Crippen LogP contribution in [-0.2, 0) is 0 Å². The van der Waals surface area contributed by atoms with Gasteiger partial charge in [-0.2, -0.15) is 0 Å². The maximum atomic E-state index is 12.9. The van der Waals surface area contributed by atoms with Crippen LogP contribution in [-0.4, -0.2) is 31.1 Å². The van der Waals surface area contributed by atoms with Crippen molar-refractivity contribution >= 4 is 11.4 Å². The molecule has 0 spiro atoms. The quantitative estimate of drug-likeness (QED) is 0.563. The number of rotatable bonds is 8. The highest BCUT2D eigenvalue weighted by atomic mass is 19.3. The molecule has 0 amide bonds. The summed E-state index contributed by atoms with van der Waals surface area (Å²) in [6, 6.07) is 4.59. The van der Waals surface area contributed by atoms with Gasteiger partial charge in [-0.3, -0.25) is 0 Å². The third-order valence-electron chi connectivity index (χ3n) is 3.17. The molecule has 0 fully saturated rings. The first-order valence-corrected chi connectivity index (χ1v) is 6.72. The van der Waals surface area contributed by atoms with E-state index in [1.165, 1.54) is 6.07 Å². The number of nitrogens with two attached hydrogens (primary N) is 1. The normalized spacial score (nSPS) is 11.3. The lowest BCUT2D eigenvalue weighted by Gasteiger charge is -2.18. The van der Waals surface area contributed by atoms with Gasteiger partial charge < -0.3 is 16.0 Å². The maximum absolute atomic E-state index is 12.9. The number of benzene rings is 1. The second-order valence-corrected chi connectivity index (χ2v) is 4.45. The first kappa shape index (κ1) is 15.7. The van der Waals surface area contributed by atoms with E-state index in [1.54, 1.807) is 12.1 Å². The van der Waals surface area contributed by atoms with Gasteiger partial charge in [0.05, 0.1) is 0 Å². The average molecular weight is 271 g/mol. The van der Waals surface area contributed by atoms with Crippen molar-refractivity contribution < 1.29 is 8.78 Å². The molecule has 0 aliphatic heterocycles. The van der Waals surface area contributed by atoms with Gasteiger partial charge >= 0.3 is 0 Å². The highest BCUT2D eigenvalue weighted by Gasteiger charge is 2.12. The molecule has 1 rings (SSSR count). The third kappa shape index (κ3) is 5.03. The Labute approximate surface area is 113 Å². The Bertz CT molecular complexity index is 379. The van der Waals surface area contributed by atoms with E-state index in [-0.39, 0.29) is 5.56 Å². The van der Waals surface area contributed by atoms with Gasteiger partial charge in [0.25, 0.3) is 6.43 Å². The Morgan fingerprint density at radius 3 is 2.53 bits per heavy atom. The van der Waals surface area contributed by atoms with Gasteiger partial charge in [-0.15, -0.1) is 0 Å². The second kappa shape index (κ2) is 7.94. The lowest BCUT2D eigenvalue weighted by atomic mass is 10.1. The van der Waals surface area contributed by atoms with E-state index in [2.05, 4.69) is 24.1 Å². The fourth-order valence-corrected chi connectivity index (χ4v) is 1.99. The van der Waals surface area contributed by atoms with E-state index in [0.29, 0.717) is 17.9 Å². The predicted octanol–water partition coefficient (Wildman–Crippen LogP) is 3.35. The Balaban J connectivity index is 2.49. The monoisotopic (exact) mass is 271 g/mol. The first-order chi connectivity index (χ1) is 9.08. The lowest BCUT2D eigenvalue weighted by Crippen LogP contribution is -2.25. The SMILES string of the molecule is CCN(CC)CCCNc1ccc(N)cc1C(F)F. The molecule has 0 unspecified atom stereocenters. The van der Waals surface area contributed by atoms with Crippen molar-refractivity contribution in [3.05, 3.63) is 23.8 Å². The minimum absolute atomic E-state index is 0.0251. The largest absolute Gasteiger partial charge is 0.399 e.